The average molecular weight is 397 g/mol. The van der Waals surface area contributed by atoms with Gasteiger partial charge in [-0.3, -0.25) is 14.6 Å². The van der Waals surface area contributed by atoms with Gasteiger partial charge in [-0.05, 0) is 18.2 Å². The fourth-order valence-corrected chi connectivity index (χ4v) is 4.33. The molecule has 1 aliphatic heterocycles. The number of phenolic OH excluding ortho intramolecular Hbond substituents is 1. The van der Waals surface area contributed by atoms with Gasteiger partial charge in [-0.25, -0.2) is 0 Å². The van der Waals surface area contributed by atoms with Crippen LogP contribution in [0.25, 0.3) is 0 Å². The Bertz CT molecular complexity index is 763. The number of nitrogens with one attached hydrogen (secondary N) is 1. The summed E-state index contributed by atoms with van der Waals surface area (Å²) in [7, 11) is 0. The second-order valence-corrected chi connectivity index (χ2v) is 10.0. The van der Waals surface area contributed by atoms with Crippen LogP contribution in [-0.4, -0.2) is 33.3 Å². The third kappa shape index (κ3) is 4.60. The van der Waals surface area contributed by atoms with Crippen molar-refractivity contribution in [1.82, 2.24) is 5.32 Å². The Morgan fingerprint density at radius 1 is 1.19 bits per heavy atom. The molecule has 2 unspecified atom stereocenters. The number of Topliss-reactive ketones (excluding diaryl/α,β-unsaturated/α-hetero) is 1. The molecule has 0 bridgehead atoms. The van der Waals surface area contributed by atoms with Crippen molar-refractivity contribution in [3.05, 3.63) is 28.8 Å². The van der Waals surface area contributed by atoms with Gasteiger partial charge in [0, 0.05) is 21.6 Å². The lowest BCUT2D eigenvalue weighted by Gasteiger charge is -2.27. The predicted molar refractivity (Wildman–Crippen MR) is 107 cm³/mol. The second kappa shape index (κ2) is 7.24. The molecule has 1 heterocycles. The lowest BCUT2D eigenvalue weighted by Crippen LogP contribution is -2.39. The molecule has 26 heavy (non-hydrogen) atoms. The molecule has 0 fully saturated rings. The number of aromatic hydroxyl groups is 1. The zero-order valence-electron chi connectivity index (χ0n) is 15.9. The molecule has 0 aromatic heterocycles. The Kier molecular flexibility index (Phi) is 5.78. The average Bonchev–Trinajstić information content (AvgIpc) is 2.91. The molecule has 2 rings (SSSR count). The molecule has 2 atom stereocenters. The number of amides is 1. The highest BCUT2D eigenvalue weighted by molar-refractivity contribution is 8.02. The lowest BCUT2D eigenvalue weighted by atomic mass is 9.80. The SMILES string of the molecule is CC(C)(C)C(=O)C1SC(NC(=O)c2cc(Cl)ccc2O)N=C1C(C)(C)C. The summed E-state index contributed by atoms with van der Waals surface area (Å²) in [6, 6.07) is 4.28. The predicted octanol–water partition coefficient (Wildman–Crippen LogP) is 4.28. The molecule has 0 radical (unpaired) electrons. The standard InChI is InChI=1S/C19H25ClN2O3S/c1-18(2,3)14-13(15(24)19(4,5)6)26-17(21-14)22-16(25)11-9-10(20)7-8-12(11)23/h7-9,13,17,23H,1-6H3,(H,22,25). The van der Waals surface area contributed by atoms with E-state index in [4.69, 9.17) is 11.6 Å². The van der Waals surface area contributed by atoms with Crippen molar-refractivity contribution in [3.63, 3.8) is 0 Å². The summed E-state index contributed by atoms with van der Waals surface area (Å²) in [4.78, 5) is 30.0. The second-order valence-electron chi connectivity index (χ2n) is 8.38. The molecule has 0 spiro atoms. The van der Waals surface area contributed by atoms with Crippen molar-refractivity contribution in [2.24, 2.45) is 15.8 Å². The number of rotatable bonds is 3. The quantitative estimate of drug-likeness (QED) is 0.799. The summed E-state index contributed by atoms with van der Waals surface area (Å²) in [5.74, 6) is -0.556. The van der Waals surface area contributed by atoms with Crippen molar-refractivity contribution >= 4 is 40.8 Å². The van der Waals surface area contributed by atoms with Gasteiger partial charge < -0.3 is 10.4 Å². The van der Waals surface area contributed by atoms with Gasteiger partial charge in [0.05, 0.1) is 5.56 Å². The van der Waals surface area contributed by atoms with Gasteiger partial charge >= 0.3 is 0 Å². The minimum Gasteiger partial charge on any atom is -0.507 e. The number of carbonyl (C=O) groups excluding carboxylic acids is 2. The molecule has 0 aliphatic carbocycles. The monoisotopic (exact) mass is 396 g/mol. The van der Waals surface area contributed by atoms with Crippen LogP contribution in [0.2, 0.25) is 5.02 Å². The van der Waals surface area contributed by atoms with Crippen LogP contribution in [0.4, 0.5) is 0 Å². The Morgan fingerprint density at radius 2 is 1.81 bits per heavy atom. The van der Waals surface area contributed by atoms with E-state index < -0.39 is 22.1 Å². The summed E-state index contributed by atoms with van der Waals surface area (Å²) >= 11 is 7.22. The summed E-state index contributed by atoms with van der Waals surface area (Å²) in [6.45, 7) is 11.7. The number of halogens is 1. The molecule has 5 nitrogen and oxygen atoms in total. The zero-order valence-corrected chi connectivity index (χ0v) is 17.5. The minimum absolute atomic E-state index is 0.0798. The first kappa shape index (κ1) is 20.8. The van der Waals surface area contributed by atoms with Crippen LogP contribution in [0, 0.1) is 10.8 Å². The molecule has 142 valence electrons. The van der Waals surface area contributed by atoms with E-state index in [1.54, 1.807) is 0 Å². The third-order valence-corrected chi connectivity index (χ3v) is 5.40. The zero-order chi connectivity index (χ0) is 19.9. The number of benzene rings is 1. The van der Waals surface area contributed by atoms with E-state index in [0.717, 1.165) is 5.71 Å². The van der Waals surface area contributed by atoms with E-state index in [0.29, 0.717) is 5.02 Å². The van der Waals surface area contributed by atoms with Crippen LogP contribution >= 0.6 is 23.4 Å². The van der Waals surface area contributed by atoms with E-state index in [2.05, 4.69) is 10.3 Å². The number of aliphatic imine (C=N–C) groups is 1. The molecule has 1 aliphatic rings. The third-order valence-electron chi connectivity index (χ3n) is 3.97. The summed E-state index contributed by atoms with van der Waals surface area (Å²) in [5.41, 5.74) is -0.546. The number of carbonyl (C=O) groups is 2. The highest BCUT2D eigenvalue weighted by Gasteiger charge is 2.43. The first-order valence-electron chi connectivity index (χ1n) is 8.38. The number of thioether (sulfide) groups is 1. The van der Waals surface area contributed by atoms with E-state index >= 15 is 0 Å². The number of hydrogen-bond acceptors (Lipinski definition) is 5. The van der Waals surface area contributed by atoms with Crippen molar-refractivity contribution in [1.29, 1.82) is 0 Å². The van der Waals surface area contributed by atoms with Crippen molar-refractivity contribution in [2.45, 2.75) is 52.3 Å². The largest absolute Gasteiger partial charge is 0.507 e. The molecule has 1 aromatic rings. The number of phenols is 1. The highest BCUT2D eigenvalue weighted by Crippen LogP contribution is 2.38. The maximum Gasteiger partial charge on any atom is 0.257 e. The summed E-state index contributed by atoms with van der Waals surface area (Å²) < 4.78 is 0. The summed E-state index contributed by atoms with van der Waals surface area (Å²) in [6.07, 6.45) is 0. The van der Waals surface area contributed by atoms with Gasteiger partial charge in [-0.1, -0.05) is 64.9 Å². The molecule has 0 saturated carbocycles. The van der Waals surface area contributed by atoms with Crippen molar-refractivity contribution < 1.29 is 14.7 Å². The van der Waals surface area contributed by atoms with E-state index in [1.165, 1.54) is 30.0 Å². The Morgan fingerprint density at radius 3 is 2.35 bits per heavy atom. The van der Waals surface area contributed by atoms with Crippen molar-refractivity contribution in [3.8, 4) is 5.75 Å². The molecule has 0 saturated heterocycles. The van der Waals surface area contributed by atoms with Gasteiger partial charge in [0.15, 0.2) is 11.3 Å². The lowest BCUT2D eigenvalue weighted by molar-refractivity contribution is -0.124. The van der Waals surface area contributed by atoms with Gasteiger partial charge in [0.2, 0.25) is 0 Å². The Labute approximate surface area is 163 Å². The topological polar surface area (TPSA) is 78.8 Å². The number of ketones is 1. The molecular weight excluding hydrogens is 372 g/mol. The Balaban J connectivity index is 2.26. The van der Waals surface area contributed by atoms with E-state index in [9.17, 15) is 14.7 Å². The van der Waals surface area contributed by atoms with Crippen LogP contribution < -0.4 is 5.32 Å². The first-order valence-corrected chi connectivity index (χ1v) is 9.70. The number of hydrogen-bond donors (Lipinski definition) is 2. The minimum atomic E-state index is -0.591. The molecule has 7 heteroatoms. The van der Waals surface area contributed by atoms with Gasteiger partial charge in [-0.2, -0.15) is 0 Å². The molecular formula is C19H25ClN2O3S. The maximum absolute atomic E-state index is 12.9. The Hall–Kier alpha value is -1.53. The van der Waals surface area contributed by atoms with Crippen LogP contribution in [0.1, 0.15) is 51.9 Å². The van der Waals surface area contributed by atoms with Crippen LogP contribution in [-0.2, 0) is 4.79 Å². The van der Waals surface area contributed by atoms with Gasteiger partial charge in [-0.15, -0.1) is 0 Å². The molecule has 1 aromatic carbocycles. The van der Waals surface area contributed by atoms with Gasteiger partial charge in [0.25, 0.3) is 5.91 Å². The van der Waals surface area contributed by atoms with Crippen LogP contribution in [0.5, 0.6) is 5.75 Å². The van der Waals surface area contributed by atoms with E-state index in [-0.39, 0.29) is 22.5 Å². The van der Waals surface area contributed by atoms with Crippen LogP contribution in [0.15, 0.2) is 23.2 Å². The normalized spacial score (nSPS) is 20.7. The first-order chi connectivity index (χ1) is 11.8. The summed E-state index contributed by atoms with van der Waals surface area (Å²) in [5, 5.41) is 12.6. The van der Waals surface area contributed by atoms with E-state index in [1.807, 2.05) is 41.5 Å². The molecule has 1 amide bonds. The maximum atomic E-state index is 12.9. The van der Waals surface area contributed by atoms with Crippen LogP contribution in [0.3, 0.4) is 0 Å². The smallest absolute Gasteiger partial charge is 0.257 e. The fourth-order valence-electron chi connectivity index (χ4n) is 2.53. The number of nitrogens with zero attached hydrogens (tertiary/aromatic N) is 1. The highest BCUT2D eigenvalue weighted by atomic mass is 35.5. The van der Waals surface area contributed by atoms with Gasteiger partial charge in [0.1, 0.15) is 11.0 Å². The fraction of sp³-hybridized carbons (Fsp3) is 0.526. The molecule has 2 N–H and O–H groups in total. The van der Waals surface area contributed by atoms with Crippen molar-refractivity contribution in [2.75, 3.05) is 0 Å².